The SMILES string of the molecule is O=C(CN1CCC(OCCCO)CC1)N1N=C(c2ccco2)C[C@H]1c1ccco1. The van der Waals surface area contributed by atoms with Gasteiger partial charge in [-0.3, -0.25) is 9.69 Å². The minimum Gasteiger partial charge on any atom is -0.467 e. The molecule has 0 radical (unpaired) electrons. The summed E-state index contributed by atoms with van der Waals surface area (Å²) in [5.41, 5.74) is 0.751. The molecule has 2 aromatic heterocycles. The summed E-state index contributed by atoms with van der Waals surface area (Å²) < 4.78 is 16.8. The molecule has 2 aromatic rings. The van der Waals surface area contributed by atoms with Gasteiger partial charge in [0.25, 0.3) is 5.91 Å². The van der Waals surface area contributed by atoms with Crippen LogP contribution in [-0.2, 0) is 9.53 Å². The largest absolute Gasteiger partial charge is 0.467 e. The van der Waals surface area contributed by atoms with Crippen LogP contribution in [0.25, 0.3) is 0 Å². The molecule has 1 atom stereocenters. The summed E-state index contributed by atoms with van der Waals surface area (Å²) in [5.74, 6) is 1.35. The van der Waals surface area contributed by atoms with E-state index < -0.39 is 0 Å². The highest BCUT2D eigenvalue weighted by molar-refractivity contribution is 6.01. The van der Waals surface area contributed by atoms with Crippen molar-refractivity contribution in [2.24, 2.45) is 5.10 Å². The molecule has 156 valence electrons. The molecule has 0 aromatic carbocycles. The van der Waals surface area contributed by atoms with Crippen LogP contribution in [-0.4, -0.2) is 65.6 Å². The highest BCUT2D eigenvalue weighted by Crippen LogP contribution is 2.33. The van der Waals surface area contributed by atoms with Crippen molar-refractivity contribution < 1.29 is 23.5 Å². The summed E-state index contributed by atoms with van der Waals surface area (Å²) in [7, 11) is 0. The lowest BCUT2D eigenvalue weighted by molar-refractivity contribution is -0.135. The summed E-state index contributed by atoms with van der Waals surface area (Å²) >= 11 is 0. The number of rotatable bonds is 8. The number of hydrogen-bond donors (Lipinski definition) is 1. The van der Waals surface area contributed by atoms with E-state index in [0.717, 1.165) is 37.4 Å². The van der Waals surface area contributed by atoms with Gasteiger partial charge in [-0.05, 0) is 43.5 Å². The predicted octanol–water partition coefficient (Wildman–Crippen LogP) is 2.41. The van der Waals surface area contributed by atoms with Crippen LogP contribution in [0.4, 0.5) is 0 Å². The average molecular weight is 401 g/mol. The van der Waals surface area contributed by atoms with Gasteiger partial charge in [0.1, 0.15) is 23.3 Å². The average Bonchev–Trinajstić information content (AvgIpc) is 3.49. The number of hydrazone groups is 1. The van der Waals surface area contributed by atoms with Crippen molar-refractivity contribution in [1.82, 2.24) is 9.91 Å². The number of piperidine rings is 1. The fraction of sp³-hybridized carbons (Fsp3) is 0.524. The first kappa shape index (κ1) is 19.9. The van der Waals surface area contributed by atoms with E-state index >= 15 is 0 Å². The molecule has 1 N–H and O–H groups in total. The van der Waals surface area contributed by atoms with Crippen LogP contribution < -0.4 is 0 Å². The van der Waals surface area contributed by atoms with E-state index in [9.17, 15) is 4.79 Å². The van der Waals surface area contributed by atoms with Crippen LogP contribution in [0.1, 0.15) is 43.2 Å². The molecule has 0 bridgehead atoms. The molecule has 8 heteroatoms. The van der Waals surface area contributed by atoms with Gasteiger partial charge in [-0.15, -0.1) is 0 Å². The molecule has 1 amide bonds. The Labute approximate surface area is 169 Å². The second-order valence-corrected chi connectivity index (χ2v) is 7.42. The highest BCUT2D eigenvalue weighted by Gasteiger charge is 2.36. The first-order valence-electron chi connectivity index (χ1n) is 10.2. The van der Waals surface area contributed by atoms with Crippen molar-refractivity contribution in [2.45, 2.75) is 37.8 Å². The van der Waals surface area contributed by atoms with Gasteiger partial charge in [-0.2, -0.15) is 5.10 Å². The molecule has 2 aliphatic rings. The third-order valence-electron chi connectivity index (χ3n) is 5.39. The minimum absolute atomic E-state index is 0.0485. The number of carbonyl (C=O) groups excluding carboxylic acids is 1. The van der Waals surface area contributed by atoms with E-state index in [1.807, 2.05) is 24.3 Å². The smallest absolute Gasteiger partial charge is 0.257 e. The van der Waals surface area contributed by atoms with E-state index in [0.29, 0.717) is 31.8 Å². The summed E-state index contributed by atoms with van der Waals surface area (Å²) in [5, 5.41) is 15.0. The van der Waals surface area contributed by atoms with Gasteiger partial charge in [0, 0.05) is 32.7 Å². The van der Waals surface area contributed by atoms with Crippen molar-refractivity contribution in [3.63, 3.8) is 0 Å². The maximum atomic E-state index is 13.1. The Kier molecular flexibility index (Phi) is 6.43. The van der Waals surface area contributed by atoms with Crippen LogP contribution in [0.3, 0.4) is 0 Å². The quantitative estimate of drug-likeness (QED) is 0.683. The molecular weight excluding hydrogens is 374 g/mol. The molecular formula is C21H27N3O5. The molecule has 0 saturated carbocycles. The molecule has 4 heterocycles. The zero-order valence-corrected chi connectivity index (χ0v) is 16.4. The fourth-order valence-electron chi connectivity index (χ4n) is 3.85. The Morgan fingerprint density at radius 1 is 1.21 bits per heavy atom. The van der Waals surface area contributed by atoms with Crippen molar-refractivity contribution in [3.8, 4) is 0 Å². The van der Waals surface area contributed by atoms with Gasteiger partial charge < -0.3 is 18.7 Å². The first-order valence-corrected chi connectivity index (χ1v) is 10.2. The third kappa shape index (κ3) is 4.77. The summed E-state index contributed by atoms with van der Waals surface area (Å²) in [4.78, 5) is 15.2. The standard InChI is InChI=1S/C21H27N3O5/c25-10-3-13-27-16-6-8-23(9-7-16)15-21(26)24-18(20-5-2-12-29-20)14-17(22-24)19-4-1-11-28-19/h1-2,4-5,11-12,16,18,25H,3,6-10,13-15H2/t18-/m0/s1. The van der Waals surface area contributed by atoms with Crippen molar-refractivity contribution in [2.75, 3.05) is 32.8 Å². The predicted molar refractivity (Wildman–Crippen MR) is 105 cm³/mol. The molecule has 0 unspecified atom stereocenters. The lowest BCUT2D eigenvalue weighted by Crippen LogP contribution is -2.43. The maximum Gasteiger partial charge on any atom is 0.257 e. The van der Waals surface area contributed by atoms with Crippen molar-refractivity contribution in [1.29, 1.82) is 0 Å². The molecule has 0 aliphatic carbocycles. The second-order valence-electron chi connectivity index (χ2n) is 7.42. The van der Waals surface area contributed by atoms with Gasteiger partial charge >= 0.3 is 0 Å². The van der Waals surface area contributed by atoms with E-state index in [4.69, 9.17) is 18.7 Å². The van der Waals surface area contributed by atoms with Crippen LogP contribution in [0, 0.1) is 0 Å². The van der Waals surface area contributed by atoms with E-state index in [2.05, 4.69) is 10.0 Å². The second kappa shape index (κ2) is 9.39. The first-order chi connectivity index (χ1) is 14.2. The number of furan rings is 2. The number of carbonyl (C=O) groups is 1. The van der Waals surface area contributed by atoms with Gasteiger partial charge in [0.15, 0.2) is 0 Å². The van der Waals surface area contributed by atoms with Crippen molar-refractivity contribution >= 4 is 11.6 Å². The van der Waals surface area contributed by atoms with E-state index in [1.54, 1.807) is 17.5 Å². The Balaban J connectivity index is 1.37. The van der Waals surface area contributed by atoms with E-state index in [-0.39, 0.29) is 24.7 Å². The molecule has 2 aliphatic heterocycles. The van der Waals surface area contributed by atoms with Crippen LogP contribution in [0.5, 0.6) is 0 Å². The highest BCUT2D eigenvalue weighted by atomic mass is 16.5. The zero-order chi connectivity index (χ0) is 20.1. The topological polar surface area (TPSA) is 91.7 Å². The normalized spacial score (nSPS) is 20.9. The van der Waals surface area contributed by atoms with Gasteiger partial charge in [0.2, 0.25) is 0 Å². The zero-order valence-electron chi connectivity index (χ0n) is 16.4. The van der Waals surface area contributed by atoms with Gasteiger partial charge in [0.05, 0.1) is 25.2 Å². The number of aliphatic hydroxyl groups is 1. The molecule has 8 nitrogen and oxygen atoms in total. The Morgan fingerprint density at radius 2 is 2.00 bits per heavy atom. The number of hydrogen-bond acceptors (Lipinski definition) is 7. The molecule has 1 saturated heterocycles. The van der Waals surface area contributed by atoms with Crippen LogP contribution in [0.15, 0.2) is 50.7 Å². The van der Waals surface area contributed by atoms with Crippen molar-refractivity contribution in [3.05, 3.63) is 48.3 Å². The number of aliphatic hydroxyl groups excluding tert-OH is 1. The van der Waals surface area contributed by atoms with E-state index in [1.165, 1.54) is 0 Å². The summed E-state index contributed by atoms with van der Waals surface area (Å²) in [6.45, 7) is 2.67. The number of ether oxygens (including phenoxy) is 1. The minimum atomic E-state index is -0.253. The Morgan fingerprint density at radius 3 is 2.69 bits per heavy atom. The lowest BCUT2D eigenvalue weighted by atomic mass is 10.1. The third-order valence-corrected chi connectivity index (χ3v) is 5.39. The molecule has 29 heavy (non-hydrogen) atoms. The number of likely N-dealkylation sites (tertiary alicyclic amines) is 1. The van der Waals surface area contributed by atoms with Gasteiger partial charge in [-0.1, -0.05) is 0 Å². The Bertz CT molecular complexity index is 794. The van der Waals surface area contributed by atoms with Crippen LogP contribution in [0.2, 0.25) is 0 Å². The molecule has 0 spiro atoms. The Hall–Kier alpha value is -2.42. The van der Waals surface area contributed by atoms with Crippen LogP contribution >= 0.6 is 0 Å². The maximum absolute atomic E-state index is 13.1. The number of amides is 1. The lowest BCUT2D eigenvalue weighted by Gasteiger charge is -2.32. The van der Waals surface area contributed by atoms with Gasteiger partial charge in [-0.25, -0.2) is 5.01 Å². The molecule has 4 rings (SSSR count). The summed E-state index contributed by atoms with van der Waals surface area (Å²) in [6.07, 6.45) is 6.44. The summed E-state index contributed by atoms with van der Waals surface area (Å²) in [6, 6.07) is 7.12. The molecule has 1 fully saturated rings. The fourth-order valence-corrected chi connectivity index (χ4v) is 3.85. The number of nitrogens with zero attached hydrogens (tertiary/aromatic N) is 3. The monoisotopic (exact) mass is 401 g/mol.